The van der Waals surface area contributed by atoms with Crippen molar-refractivity contribution in [3.63, 3.8) is 0 Å². The van der Waals surface area contributed by atoms with Crippen LogP contribution >= 0.6 is 0 Å². The van der Waals surface area contributed by atoms with Crippen LogP contribution in [-0.2, 0) is 0 Å². The molecule has 0 radical (unpaired) electrons. The van der Waals surface area contributed by atoms with Crippen LogP contribution in [0.25, 0.3) is 5.69 Å². The quantitative estimate of drug-likeness (QED) is 0.753. The van der Waals surface area contributed by atoms with Crippen molar-refractivity contribution in [3.05, 3.63) is 47.3 Å². The molecule has 0 atom stereocenters. The smallest absolute Gasteiger partial charge is 0.177 e. The van der Waals surface area contributed by atoms with E-state index in [-0.39, 0.29) is 17.0 Å². The van der Waals surface area contributed by atoms with E-state index in [4.69, 9.17) is 15.8 Å². The van der Waals surface area contributed by atoms with Crippen LogP contribution in [0.4, 0.5) is 4.39 Å². The standard InChI is InChI=1S/C12H4FN5/c13-9-1-2-11(8(3-9)4-14)18-7-17-10(5-15)12(18)6-16/h1-3,7H. The SMILES string of the molecule is N#Cc1cc(F)ccc1-n1cnc(C#N)c1C#N. The highest BCUT2D eigenvalue weighted by Crippen LogP contribution is 2.18. The minimum absolute atomic E-state index is 0.0145. The first-order valence-electron chi connectivity index (χ1n) is 4.79. The molecule has 0 fully saturated rings. The maximum absolute atomic E-state index is 13.0. The molecule has 1 aromatic carbocycles. The van der Waals surface area contributed by atoms with Gasteiger partial charge >= 0.3 is 0 Å². The molecule has 2 aromatic rings. The number of nitriles is 3. The van der Waals surface area contributed by atoms with Crippen LogP contribution in [0.1, 0.15) is 17.0 Å². The van der Waals surface area contributed by atoms with Crippen molar-refractivity contribution in [3.8, 4) is 23.9 Å². The molecule has 0 saturated heterocycles. The Morgan fingerprint density at radius 1 is 1.11 bits per heavy atom. The third kappa shape index (κ3) is 1.67. The van der Waals surface area contributed by atoms with Gasteiger partial charge in [-0.05, 0) is 18.2 Å². The van der Waals surface area contributed by atoms with Gasteiger partial charge in [0, 0.05) is 0 Å². The number of benzene rings is 1. The van der Waals surface area contributed by atoms with E-state index in [2.05, 4.69) is 4.98 Å². The molecule has 2 rings (SSSR count). The number of nitrogens with zero attached hydrogens (tertiary/aromatic N) is 5. The molecule has 18 heavy (non-hydrogen) atoms. The first-order chi connectivity index (χ1) is 8.71. The van der Waals surface area contributed by atoms with Gasteiger partial charge in [-0.15, -0.1) is 0 Å². The maximum Gasteiger partial charge on any atom is 0.177 e. The molecule has 0 spiro atoms. The largest absolute Gasteiger partial charge is 0.288 e. The van der Waals surface area contributed by atoms with Crippen LogP contribution in [0.2, 0.25) is 0 Å². The summed E-state index contributed by atoms with van der Waals surface area (Å²) in [6, 6.07) is 9.03. The molecule has 0 N–H and O–H groups in total. The third-order valence-corrected chi connectivity index (χ3v) is 2.32. The van der Waals surface area contributed by atoms with Crippen molar-refractivity contribution in [1.82, 2.24) is 9.55 Å². The van der Waals surface area contributed by atoms with Crippen molar-refractivity contribution >= 4 is 0 Å². The lowest BCUT2D eigenvalue weighted by Crippen LogP contribution is -2.00. The Labute approximate surface area is 102 Å². The van der Waals surface area contributed by atoms with Crippen LogP contribution in [-0.4, -0.2) is 9.55 Å². The van der Waals surface area contributed by atoms with Gasteiger partial charge in [0.1, 0.15) is 30.4 Å². The first kappa shape index (κ1) is 11.3. The minimum atomic E-state index is -0.547. The van der Waals surface area contributed by atoms with Gasteiger partial charge in [-0.2, -0.15) is 15.8 Å². The Hall–Kier alpha value is -3.17. The third-order valence-electron chi connectivity index (χ3n) is 2.32. The van der Waals surface area contributed by atoms with Crippen LogP contribution in [0.3, 0.4) is 0 Å². The summed E-state index contributed by atoms with van der Waals surface area (Å²) >= 11 is 0. The predicted molar refractivity (Wildman–Crippen MR) is 57.7 cm³/mol. The van der Waals surface area contributed by atoms with Crippen LogP contribution in [0, 0.1) is 39.8 Å². The number of hydrogen-bond acceptors (Lipinski definition) is 4. The highest BCUT2D eigenvalue weighted by Gasteiger charge is 2.14. The van der Waals surface area contributed by atoms with Crippen molar-refractivity contribution in [2.75, 3.05) is 0 Å². The Kier molecular flexibility index (Phi) is 2.75. The molecule has 0 bridgehead atoms. The second-order valence-electron chi connectivity index (χ2n) is 3.31. The fourth-order valence-electron chi connectivity index (χ4n) is 1.53. The summed E-state index contributed by atoms with van der Waals surface area (Å²) in [5.74, 6) is -0.547. The molecule has 0 unspecified atom stereocenters. The van der Waals surface area contributed by atoms with Gasteiger partial charge in [-0.3, -0.25) is 4.57 Å². The van der Waals surface area contributed by atoms with Crippen molar-refractivity contribution < 1.29 is 4.39 Å². The van der Waals surface area contributed by atoms with Gasteiger partial charge in [-0.25, -0.2) is 9.37 Å². The van der Waals surface area contributed by atoms with Gasteiger partial charge in [0.05, 0.1) is 11.3 Å². The fraction of sp³-hybridized carbons (Fsp3) is 0. The summed E-state index contributed by atoms with van der Waals surface area (Å²) in [6.07, 6.45) is 1.26. The second-order valence-corrected chi connectivity index (χ2v) is 3.31. The Morgan fingerprint density at radius 3 is 2.50 bits per heavy atom. The number of halogens is 1. The predicted octanol–water partition coefficient (Wildman–Crippen LogP) is 1.63. The summed E-state index contributed by atoms with van der Waals surface area (Å²) in [6.45, 7) is 0. The average molecular weight is 237 g/mol. The van der Waals surface area contributed by atoms with Gasteiger partial charge in [0.15, 0.2) is 11.4 Å². The highest BCUT2D eigenvalue weighted by molar-refractivity contribution is 5.52. The number of rotatable bonds is 1. The summed E-state index contributed by atoms with van der Waals surface area (Å²) in [5, 5.41) is 26.7. The topological polar surface area (TPSA) is 89.2 Å². The number of imidazole rings is 1. The molecular formula is C12H4FN5. The van der Waals surface area contributed by atoms with E-state index in [1.54, 1.807) is 6.07 Å². The highest BCUT2D eigenvalue weighted by atomic mass is 19.1. The molecule has 1 heterocycles. The van der Waals surface area contributed by atoms with Crippen LogP contribution < -0.4 is 0 Å². The lowest BCUT2D eigenvalue weighted by atomic mass is 10.2. The summed E-state index contributed by atoms with van der Waals surface area (Å²) < 4.78 is 14.3. The fourth-order valence-corrected chi connectivity index (χ4v) is 1.53. The van der Waals surface area contributed by atoms with Crippen LogP contribution in [0.5, 0.6) is 0 Å². The number of hydrogen-bond donors (Lipinski definition) is 0. The zero-order valence-electron chi connectivity index (χ0n) is 8.92. The molecule has 5 nitrogen and oxygen atoms in total. The molecule has 1 aromatic heterocycles. The van der Waals surface area contributed by atoms with Crippen molar-refractivity contribution in [2.24, 2.45) is 0 Å². The first-order valence-corrected chi connectivity index (χ1v) is 4.79. The Morgan fingerprint density at radius 2 is 1.89 bits per heavy atom. The molecule has 0 amide bonds. The van der Waals surface area contributed by atoms with E-state index in [0.29, 0.717) is 5.69 Å². The molecule has 84 valence electrons. The molecule has 0 aliphatic carbocycles. The van der Waals surface area contributed by atoms with E-state index in [1.165, 1.54) is 23.0 Å². The normalized spacial score (nSPS) is 9.22. The van der Waals surface area contributed by atoms with E-state index in [0.717, 1.165) is 6.07 Å². The Balaban J connectivity index is 2.72. The maximum atomic E-state index is 13.0. The van der Waals surface area contributed by atoms with E-state index in [1.807, 2.05) is 12.1 Å². The lowest BCUT2D eigenvalue weighted by Gasteiger charge is -2.05. The summed E-state index contributed by atoms with van der Waals surface area (Å²) in [5.41, 5.74) is 0.351. The minimum Gasteiger partial charge on any atom is -0.288 e. The zero-order valence-corrected chi connectivity index (χ0v) is 8.92. The van der Waals surface area contributed by atoms with Crippen molar-refractivity contribution in [1.29, 1.82) is 15.8 Å². The van der Waals surface area contributed by atoms with E-state index in [9.17, 15) is 4.39 Å². The van der Waals surface area contributed by atoms with Crippen LogP contribution in [0.15, 0.2) is 24.5 Å². The summed E-state index contributed by atoms with van der Waals surface area (Å²) in [4.78, 5) is 3.76. The van der Waals surface area contributed by atoms with E-state index < -0.39 is 5.82 Å². The van der Waals surface area contributed by atoms with Crippen molar-refractivity contribution in [2.45, 2.75) is 0 Å². The molecule has 0 saturated carbocycles. The molecular weight excluding hydrogens is 233 g/mol. The number of aromatic nitrogens is 2. The molecule has 0 aliphatic rings. The zero-order chi connectivity index (χ0) is 13.1. The lowest BCUT2D eigenvalue weighted by molar-refractivity contribution is 0.627. The summed E-state index contributed by atoms with van der Waals surface area (Å²) in [7, 11) is 0. The van der Waals surface area contributed by atoms with E-state index >= 15 is 0 Å². The van der Waals surface area contributed by atoms with Gasteiger partial charge in [0.2, 0.25) is 0 Å². The Bertz CT molecular complexity index is 739. The molecule has 0 aliphatic heterocycles. The monoisotopic (exact) mass is 237 g/mol. The molecule has 6 heteroatoms. The van der Waals surface area contributed by atoms with Gasteiger partial charge in [0.25, 0.3) is 0 Å². The average Bonchev–Trinajstić information content (AvgIpc) is 2.81. The van der Waals surface area contributed by atoms with Gasteiger partial charge < -0.3 is 0 Å². The van der Waals surface area contributed by atoms with Gasteiger partial charge in [-0.1, -0.05) is 0 Å². The second kappa shape index (κ2) is 4.37.